The maximum Gasteiger partial charge on any atom is 0.303 e. The molecule has 0 bridgehead atoms. The van der Waals surface area contributed by atoms with E-state index in [0.717, 1.165) is 19.3 Å². The Morgan fingerprint density at radius 2 is 2.05 bits per heavy atom. The van der Waals surface area contributed by atoms with Gasteiger partial charge in [-0.05, 0) is 36.5 Å². The number of H-pyrrole nitrogens is 1. The van der Waals surface area contributed by atoms with Gasteiger partial charge < -0.3 is 10.4 Å². The molecule has 1 saturated carbocycles. The van der Waals surface area contributed by atoms with Gasteiger partial charge in [-0.3, -0.25) is 9.59 Å². The van der Waals surface area contributed by atoms with Crippen LogP contribution in [-0.4, -0.2) is 38.9 Å². The van der Waals surface area contributed by atoms with Crippen LogP contribution in [0.2, 0.25) is 0 Å². The van der Waals surface area contributed by atoms with Gasteiger partial charge in [0.1, 0.15) is 11.0 Å². The molecule has 110 valence electrons. The largest absolute Gasteiger partial charge is 0.481 e. The third-order valence-corrected chi connectivity index (χ3v) is 4.14. The van der Waals surface area contributed by atoms with Crippen LogP contribution in [-0.2, 0) is 4.79 Å². The molecular weight excluding hydrogens is 272 g/mol. The van der Waals surface area contributed by atoms with Crippen molar-refractivity contribution in [2.24, 2.45) is 5.41 Å². The fourth-order valence-electron chi connectivity index (χ4n) is 2.76. The summed E-state index contributed by atoms with van der Waals surface area (Å²) in [6.45, 7) is 0.398. The van der Waals surface area contributed by atoms with Gasteiger partial charge in [-0.15, -0.1) is 0 Å². The molecule has 0 saturated heterocycles. The predicted molar refractivity (Wildman–Crippen MR) is 74.8 cm³/mol. The fourth-order valence-corrected chi connectivity index (χ4v) is 2.76. The van der Waals surface area contributed by atoms with Crippen molar-refractivity contribution >= 4 is 22.9 Å². The van der Waals surface area contributed by atoms with Gasteiger partial charge in [0.2, 0.25) is 0 Å². The summed E-state index contributed by atoms with van der Waals surface area (Å²) in [5.74, 6) is -1.02. The van der Waals surface area contributed by atoms with Crippen molar-refractivity contribution in [1.82, 2.24) is 20.7 Å². The number of nitrogens with one attached hydrogen (secondary N) is 2. The molecule has 3 N–H and O–H groups in total. The number of fused-ring (bicyclic) bond motifs is 1. The molecule has 3 rings (SSSR count). The van der Waals surface area contributed by atoms with Crippen LogP contribution < -0.4 is 5.32 Å². The summed E-state index contributed by atoms with van der Waals surface area (Å²) in [6, 6.07) is 5.08. The Morgan fingerprint density at radius 1 is 1.29 bits per heavy atom. The van der Waals surface area contributed by atoms with Gasteiger partial charge in [-0.2, -0.15) is 15.4 Å². The molecule has 1 aromatic carbocycles. The van der Waals surface area contributed by atoms with E-state index in [9.17, 15) is 9.59 Å². The van der Waals surface area contributed by atoms with E-state index in [1.807, 2.05) is 0 Å². The highest BCUT2D eigenvalue weighted by Gasteiger charge is 2.39. The van der Waals surface area contributed by atoms with E-state index in [1.165, 1.54) is 0 Å². The molecule has 0 aliphatic heterocycles. The minimum atomic E-state index is -0.812. The van der Waals surface area contributed by atoms with Crippen LogP contribution in [0.25, 0.3) is 11.0 Å². The molecule has 0 atom stereocenters. The van der Waals surface area contributed by atoms with Gasteiger partial charge in [-0.25, -0.2) is 0 Å². The van der Waals surface area contributed by atoms with E-state index in [-0.39, 0.29) is 17.7 Å². The predicted octanol–water partition coefficient (Wildman–Crippen LogP) is 1.33. The van der Waals surface area contributed by atoms with Gasteiger partial charge in [0.05, 0.1) is 6.42 Å². The lowest BCUT2D eigenvalue weighted by Gasteiger charge is -2.40. The van der Waals surface area contributed by atoms with Crippen LogP contribution in [0.5, 0.6) is 0 Å². The van der Waals surface area contributed by atoms with Crippen molar-refractivity contribution < 1.29 is 14.7 Å². The van der Waals surface area contributed by atoms with Crippen LogP contribution in [0.3, 0.4) is 0 Å². The van der Waals surface area contributed by atoms with Crippen LogP contribution >= 0.6 is 0 Å². The molecule has 21 heavy (non-hydrogen) atoms. The summed E-state index contributed by atoms with van der Waals surface area (Å²) in [6.07, 6.45) is 2.83. The molecule has 0 radical (unpaired) electrons. The van der Waals surface area contributed by atoms with Gasteiger partial charge in [0.15, 0.2) is 0 Å². The first-order chi connectivity index (χ1) is 10.1. The summed E-state index contributed by atoms with van der Waals surface area (Å²) in [7, 11) is 0. The quantitative estimate of drug-likeness (QED) is 0.769. The molecule has 1 fully saturated rings. The van der Waals surface area contributed by atoms with Crippen molar-refractivity contribution in [2.75, 3.05) is 6.54 Å². The van der Waals surface area contributed by atoms with E-state index in [1.54, 1.807) is 18.2 Å². The van der Waals surface area contributed by atoms with Gasteiger partial charge in [0, 0.05) is 12.1 Å². The van der Waals surface area contributed by atoms with E-state index < -0.39 is 5.97 Å². The Bertz CT molecular complexity index is 690. The second-order valence-electron chi connectivity index (χ2n) is 5.63. The average molecular weight is 288 g/mol. The lowest BCUT2D eigenvalue weighted by atomic mass is 9.66. The second kappa shape index (κ2) is 5.16. The number of aromatic amines is 1. The van der Waals surface area contributed by atoms with Crippen LogP contribution in [0.4, 0.5) is 0 Å². The molecule has 1 aliphatic carbocycles. The third-order valence-electron chi connectivity index (χ3n) is 4.14. The SMILES string of the molecule is O=C(O)CC1(CNC(=O)c2ccc3n[nH]nc3c2)CCC1. The minimum Gasteiger partial charge on any atom is -0.481 e. The normalized spacial score (nSPS) is 16.4. The van der Waals surface area contributed by atoms with Crippen molar-refractivity contribution in [3.8, 4) is 0 Å². The highest BCUT2D eigenvalue weighted by molar-refractivity contribution is 5.97. The standard InChI is InChI=1S/C14H16N4O3/c19-12(20)7-14(4-1-5-14)8-15-13(21)9-2-3-10-11(6-9)17-18-16-10/h2-3,6H,1,4-5,7-8H2,(H,15,21)(H,19,20)(H,16,17,18). The molecule has 0 unspecified atom stereocenters. The zero-order chi connectivity index (χ0) is 14.9. The number of carboxylic acid groups (broad SMARTS) is 1. The van der Waals surface area contributed by atoms with Crippen molar-refractivity contribution in [3.05, 3.63) is 23.8 Å². The molecule has 1 heterocycles. The number of aromatic nitrogens is 3. The first-order valence-corrected chi connectivity index (χ1v) is 6.89. The Morgan fingerprint density at radius 3 is 2.71 bits per heavy atom. The maximum atomic E-state index is 12.2. The van der Waals surface area contributed by atoms with Gasteiger partial charge in [-0.1, -0.05) is 6.42 Å². The number of carbonyl (C=O) groups excluding carboxylic acids is 1. The lowest BCUT2D eigenvalue weighted by Crippen LogP contribution is -2.43. The monoisotopic (exact) mass is 288 g/mol. The van der Waals surface area contributed by atoms with Crippen molar-refractivity contribution in [1.29, 1.82) is 0 Å². The minimum absolute atomic E-state index is 0.107. The Labute approximate surface area is 120 Å². The number of hydrogen-bond acceptors (Lipinski definition) is 4. The highest BCUT2D eigenvalue weighted by atomic mass is 16.4. The van der Waals surface area contributed by atoms with Crippen molar-refractivity contribution in [3.63, 3.8) is 0 Å². The van der Waals surface area contributed by atoms with Crippen molar-refractivity contribution in [2.45, 2.75) is 25.7 Å². The summed E-state index contributed by atoms with van der Waals surface area (Å²) >= 11 is 0. The Kier molecular flexibility index (Phi) is 3.32. The fraction of sp³-hybridized carbons (Fsp3) is 0.429. The number of nitrogens with zero attached hydrogens (tertiary/aromatic N) is 2. The Balaban J connectivity index is 1.66. The Hall–Kier alpha value is -2.44. The summed E-state index contributed by atoms with van der Waals surface area (Å²) in [4.78, 5) is 23.1. The van der Waals surface area contributed by atoms with E-state index >= 15 is 0 Å². The molecule has 7 heteroatoms. The first kappa shape index (κ1) is 13.5. The average Bonchev–Trinajstić information content (AvgIpc) is 2.88. The van der Waals surface area contributed by atoms with E-state index in [4.69, 9.17) is 5.11 Å². The zero-order valence-corrected chi connectivity index (χ0v) is 11.4. The molecule has 1 amide bonds. The van der Waals surface area contributed by atoms with Gasteiger partial charge >= 0.3 is 5.97 Å². The number of rotatable bonds is 5. The summed E-state index contributed by atoms with van der Waals surface area (Å²) in [5.41, 5.74) is 1.56. The molecule has 2 aromatic rings. The third kappa shape index (κ3) is 2.72. The smallest absolute Gasteiger partial charge is 0.303 e. The molecule has 1 aromatic heterocycles. The topological polar surface area (TPSA) is 108 Å². The lowest BCUT2D eigenvalue weighted by molar-refractivity contribution is -0.141. The first-order valence-electron chi connectivity index (χ1n) is 6.89. The molecule has 1 aliphatic rings. The highest BCUT2D eigenvalue weighted by Crippen LogP contribution is 2.43. The van der Waals surface area contributed by atoms with E-state index in [0.29, 0.717) is 23.1 Å². The maximum absolute atomic E-state index is 12.2. The van der Waals surface area contributed by atoms with Gasteiger partial charge in [0.25, 0.3) is 5.91 Å². The number of amides is 1. The van der Waals surface area contributed by atoms with Crippen LogP contribution in [0.15, 0.2) is 18.2 Å². The second-order valence-corrected chi connectivity index (χ2v) is 5.63. The van der Waals surface area contributed by atoms with Crippen LogP contribution in [0.1, 0.15) is 36.0 Å². The van der Waals surface area contributed by atoms with Crippen LogP contribution in [0, 0.1) is 5.41 Å². The molecule has 7 nitrogen and oxygen atoms in total. The number of aliphatic carboxylic acids is 1. The number of carbonyl (C=O) groups is 2. The summed E-state index contributed by atoms with van der Waals surface area (Å²) in [5, 5.41) is 22.2. The molecular formula is C14H16N4O3. The number of benzene rings is 1. The number of carboxylic acids is 1. The number of hydrogen-bond donors (Lipinski definition) is 3. The summed E-state index contributed by atoms with van der Waals surface area (Å²) < 4.78 is 0. The van der Waals surface area contributed by atoms with E-state index in [2.05, 4.69) is 20.7 Å². The zero-order valence-electron chi connectivity index (χ0n) is 11.4. The molecule has 0 spiro atoms.